The normalized spacial score (nSPS) is 11.6. The highest BCUT2D eigenvalue weighted by atomic mass is 32.1. The molecule has 0 bridgehead atoms. The Morgan fingerprint density at radius 2 is 0.725 bits per heavy atom. The molecule has 10 rings (SSSR count). The van der Waals surface area contributed by atoms with Gasteiger partial charge in [0, 0.05) is 57.0 Å². The Labute approximate surface area is 303 Å². The summed E-state index contributed by atoms with van der Waals surface area (Å²) in [5, 5.41) is 5.06. The van der Waals surface area contributed by atoms with E-state index in [1.165, 1.54) is 45.9 Å². The minimum absolute atomic E-state index is 0.650. The number of hydrogen-bond acceptors (Lipinski definition) is 5. The fraction of sp³-hybridized carbons (Fsp3) is 0.0217. The van der Waals surface area contributed by atoms with Crippen LogP contribution in [0.2, 0.25) is 0 Å². The fourth-order valence-corrected chi connectivity index (χ4v) is 9.46. The van der Waals surface area contributed by atoms with E-state index in [4.69, 9.17) is 15.0 Å². The highest BCUT2D eigenvalue weighted by Crippen LogP contribution is 2.40. The van der Waals surface area contributed by atoms with Gasteiger partial charge in [-0.15, -0.1) is 22.7 Å². The van der Waals surface area contributed by atoms with Crippen molar-refractivity contribution in [2.24, 2.45) is 0 Å². The molecule has 7 aromatic carbocycles. The Kier molecular flexibility index (Phi) is 7.08. The monoisotopic (exact) mass is 687 g/mol. The number of aromatic nitrogens is 3. The molecule has 0 aliphatic carbocycles. The Morgan fingerprint density at radius 1 is 0.333 bits per heavy atom. The second kappa shape index (κ2) is 12.1. The Morgan fingerprint density at radius 3 is 1.20 bits per heavy atom. The van der Waals surface area contributed by atoms with Crippen LogP contribution in [0.4, 0.5) is 0 Å². The van der Waals surface area contributed by atoms with E-state index < -0.39 is 0 Å². The molecule has 51 heavy (non-hydrogen) atoms. The van der Waals surface area contributed by atoms with Crippen molar-refractivity contribution in [2.75, 3.05) is 0 Å². The first-order valence-electron chi connectivity index (χ1n) is 17.0. The Hall–Kier alpha value is -6.01. The van der Waals surface area contributed by atoms with Crippen LogP contribution in [0.25, 0.3) is 96.8 Å². The van der Waals surface area contributed by atoms with Crippen LogP contribution in [-0.2, 0) is 0 Å². The molecule has 5 heteroatoms. The molecule has 0 unspecified atom stereocenters. The molecule has 0 saturated carbocycles. The van der Waals surface area contributed by atoms with Crippen molar-refractivity contribution in [1.29, 1.82) is 0 Å². The highest BCUT2D eigenvalue weighted by Gasteiger charge is 2.18. The van der Waals surface area contributed by atoms with Crippen molar-refractivity contribution in [3.05, 3.63) is 163 Å². The molecular weight excluding hydrogens is 659 g/mol. The molecule has 3 aromatic heterocycles. The molecule has 0 aliphatic heterocycles. The number of benzene rings is 7. The third kappa shape index (κ3) is 5.21. The van der Waals surface area contributed by atoms with Crippen LogP contribution in [0.1, 0.15) is 5.56 Å². The summed E-state index contributed by atoms with van der Waals surface area (Å²) in [6.07, 6.45) is 0. The molecule has 0 amide bonds. The van der Waals surface area contributed by atoms with E-state index in [-0.39, 0.29) is 0 Å². The highest BCUT2D eigenvalue weighted by molar-refractivity contribution is 7.26. The topological polar surface area (TPSA) is 38.7 Å². The lowest BCUT2D eigenvalue weighted by Gasteiger charge is -2.16. The molecular formula is C46H29N3S2. The second-order valence-corrected chi connectivity index (χ2v) is 15.0. The van der Waals surface area contributed by atoms with Gasteiger partial charge in [0.1, 0.15) is 0 Å². The largest absolute Gasteiger partial charge is 0.208 e. The summed E-state index contributed by atoms with van der Waals surface area (Å²) in [5.74, 6) is 1.97. The lowest BCUT2D eigenvalue weighted by molar-refractivity contribution is 1.08. The van der Waals surface area contributed by atoms with Crippen LogP contribution in [0.15, 0.2) is 158 Å². The van der Waals surface area contributed by atoms with Crippen LogP contribution in [0.5, 0.6) is 0 Å². The van der Waals surface area contributed by atoms with E-state index in [1.54, 1.807) is 22.7 Å². The predicted octanol–water partition coefficient (Wildman–Crippen LogP) is 13.3. The van der Waals surface area contributed by atoms with Crippen molar-refractivity contribution >= 4 is 63.0 Å². The van der Waals surface area contributed by atoms with E-state index in [1.807, 2.05) is 0 Å². The van der Waals surface area contributed by atoms with Crippen molar-refractivity contribution in [1.82, 2.24) is 15.0 Å². The summed E-state index contributed by atoms with van der Waals surface area (Å²) < 4.78 is 4.99. The van der Waals surface area contributed by atoms with Crippen LogP contribution in [0.3, 0.4) is 0 Å². The number of thiophene rings is 2. The zero-order valence-corrected chi connectivity index (χ0v) is 29.3. The molecule has 3 heterocycles. The molecule has 0 aliphatic rings. The third-order valence-corrected chi connectivity index (χ3v) is 12.0. The van der Waals surface area contributed by atoms with Gasteiger partial charge in [-0.2, -0.15) is 0 Å². The third-order valence-electron chi connectivity index (χ3n) is 9.74. The summed E-state index contributed by atoms with van der Waals surface area (Å²) >= 11 is 3.61. The second-order valence-electron chi connectivity index (χ2n) is 12.9. The van der Waals surface area contributed by atoms with Crippen LogP contribution in [0, 0.1) is 6.92 Å². The van der Waals surface area contributed by atoms with Crippen molar-refractivity contribution in [3.63, 3.8) is 0 Å². The van der Waals surface area contributed by atoms with Gasteiger partial charge >= 0.3 is 0 Å². The van der Waals surface area contributed by atoms with Gasteiger partial charge in [0.25, 0.3) is 0 Å². The number of fused-ring (bicyclic) bond motifs is 6. The minimum Gasteiger partial charge on any atom is -0.208 e. The maximum absolute atomic E-state index is 5.24. The van der Waals surface area contributed by atoms with E-state index in [0.717, 1.165) is 38.9 Å². The van der Waals surface area contributed by atoms with E-state index in [0.29, 0.717) is 17.5 Å². The van der Waals surface area contributed by atoms with Gasteiger partial charge < -0.3 is 0 Å². The number of nitrogens with zero attached hydrogens (tertiary/aromatic N) is 3. The number of rotatable bonds is 5. The lowest BCUT2D eigenvalue weighted by atomic mass is 9.90. The van der Waals surface area contributed by atoms with Gasteiger partial charge in [-0.25, -0.2) is 15.0 Å². The van der Waals surface area contributed by atoms with Crippen molar-refractivity contribution in [3.8, 4) is 56.4 Å². The standard InChI is InChI=1S/C46H29N3S2/c1-28-38(29-12-4-2-5-13-29)24-33(25-39(28)30-14-6-3-7-15-30)46-48-44(31-20-22-36-34-16-8-10-18-40(34)50-42(36)26-31)47-45(49-46)32-21-23-37-35-17-9-11-19-41(35)51-43(37)27-32/h2-27H,1H3. The lowest BCUT2D eigenvalue weighted by Crippen LogP contribution is -2.01. The summed E-state index contributed by atoms with van der Waals surface area (Å²) in [7, 11) is 0. The molecule has 10 aromatic rings. The number of hydrogen-bond donors (Lipinski definition) is 0. The predicted molar refractivity (Wildman–Crippen MR) is 218 cm³/mol. The first-order valence-corrected chi connectivity index (χ1v) is 18.6. The molecule has 0 saturated heterocycles. The molecule has 0 radical (unpaired) electrons. The summed E-state index contributed by atoms with van der Waals surface area (Å²) in [4.78, 5) is 15.7. The van der Waals surface area contributed by atoms with Crippen LogP contribution >= 0.6 is 22.7 Å². The zero-order valence-electron chi connectivity index (χ0n) is 27.7. The van der Waals surface area contributed by atoms with E-state index >= 15 is 0 Å². The smallest absolute Gasteiger partial charge is 0.164 e. The van der Waals surface area contributed by atoms with Crippen molar-refractivity contribution < 1.29 is 0 Å². The van der Waals surface area contributed by atoms with Gasteiger partial charge in [0.05, 0.1) is 0 Å². The minimum atomic E-state index is 0.650. The van der Waals surface area contributed by atoms with Gasteiger partial charge in [0.2, 0.25) is 0 Å². The zero-order chi connectivity index (χ0) is 33.9. The quantitative estimate of drug-likeness (QED) is 0.181. The summed E-state index contributed by atoms with van der Waals surface area (Å²) in [6.45, 7) is 2.21. The maximum Gasteiger partial charge on any atom is 0.164 e. The van der Waals surface area contributed by atoms with Gasteiger partial charge in [-0.1, -0.05) is 121 Å². The Bertz CT molecular complexity index is 2730. The molecule has 0 atom stereocenters. The molecule has 3 nitrogen and oxygen atoms in total. The maximum atomic E-state index is 5.24. The summed E-state index contributed by atoms with van der Waals surface area (Å²) in [5.41, 5.74) is 8.76. The van der Waals surface area contributed by atoms with Gasteiger partial charge in [-0.3, -0.25) is 0 Å². The average molecular weight is 688 g/mol. The van der Waals surface area contributed by atoms with Crippen molar-refractivity contribution in [2.45, 2.75) is 6.92 Å². The van der Waals surface area contributed by atoms with Gasteiger partial charge in [0.15, 0.2) is 17.5 Å². The SMILES string of the molecule is Cc1c(-c2ccccc2)cc(-c2nc(-c3ccc4c(c3)sc3ccccc34)nc(-c3ccc4c(c3)sc3ccccc34)n2)cc1-c1ccccc1. The fourth-order valence-electron chi connectivity index (χ4n) is 7.17. The van der Waals surface area contributed by atoms with Gasteiger partial charge in [-0.05, 0) is 71.1 Å². The molecule has 0 N–H and O–H groups in total. The average Bonchev–Trinajstić information content (AvgIpc) is 3.76. The van der Waals surface area contributed by atoms with E-state index in [2.05, 4.69) is 165 Å². The van der Waals surface area contributed by atoms with Crippen LogP contribution in [-0.4, -0.2) is 15.0 Å². The van der Waals surface area contributed by atoms with E-state index in [9.17, 15) is 0 Å². The first kappa shape index (κ1) is 29.9. The summed E-state index contributed by atoms with van der Waals surface area (Å²) in [6, 6.07) is 56.1. The molecule has 0 fully saturated rings. The molecule has 0 spiro atoms. The van der Waals surface area contributed by atoms with Crippen LogP contribution < -0.4 is 0 Å². The molecule has 240 valence electrons. The first-order chi connectivity index (χ1) is 25.2. The Balaban J connectivity index is 1.21.